The molecule has 0 aromatic heterocycles. The molecule has 1 aliphatic heterocycles. The average Bonchev–Trinajstić information content (AvgIpc) is 3.10. The minimum absolute atomic E-state index is 0.665. The normalized spacial score (nSPS) is 21.2. The van der Waals surface area contributed by atoms with Crippen LogP contribution in [0.3, 0.4) is 0 Å². The number of hydrogen-bond donors (Lipinski definition) is 0. The first-order chi connectivity index (χ1) is 14.3. The predicted molar refractivity (Wildman–Crippen MR) is 126 cm³/mol. The fraction of sp³-hybridized carbons (Fsp3) is 0.739. The van der Waals surface area contributed by atoms with Crippen molar-refractivity contribution in [2.45, 2.75) is 96.1 Å². The first-order valence-electron chi connectivity index (χ1n) is 11.6. The van der Waals surface area contributed by atoms with E-state index in [1.54, 1.807) is 5.56 Å². The maximum atomic E-state index is 9.87. The molecule has 1 saturated heterocycles. The summed E-state index contributed by atoms with van der Waals surface area (Å²) in [6.07, 6.45) is 17.5. The Kier molecular flexibility index (Phi) is 11.2. The molecule has 2 atom stereocenters. The zero-order valence-corrected chi connectivity index (χ0v) is 20.6. The van der Waals surface area contributed by atoms with Gasteiger partial charge >= 0.3 is 33.0 Å². The molecule has 0 N–H and O–H groups in total. The predicted octanol–water partition coefficient (Wildman–Crippen LogP) is 10.8. The summed E-state index contributed by atoms with van der Waals surface area (Å²) in [7, 11) is -9.99. The van der Waals surface area contributed by atoms with Crippen molar-refractivity contribution in [1.29, 1.82) is 0 Å². The van der Waals surface area contributed by atoms with Crippen LogP contribution in [0.4, 0.5) is 25.2 Å². The van der Waals surface area contributed by atoms with Crippen LogP contribution < -0.4 is 0 Å². The summed E-state index contributed by atoms with van der Waals surface area (Å²) in [5.41, 5.74) is 3.01. The number of rotatable bonds is 12. The molecular formula is C23H39F6PS. The zero-order chi connectivity index (χ0) is 23.4. The molecule has 0 saturated carbocycles. The number of unbranched alkanes of at least 4 members (excludes halogenated alkanes) is 9. The molecule has 2 rings (SSSR count). The molecule has 1 aromatic carbocycles. The van der Waals surface area contributed by atoms with E-state index in [9.17, 15) is 25.2 Å². The van der Waals surface area contributed by atoms with Gasteiger partial charge in [-0.25, -0.2) is 0 Å². The van der Waals surface area contributed by atoms with Gasteiger partial charge in [0, 0.05) is 12.0 Å². The van der Waals surface area contributed by atoms with Crippen molar-refractivity contribution < 1.29 is 25.2 Å². The summed E-state index contributed by atoms with van der Waals surface area (Å²) in [5, 5.41) is 0.879. The molecule has 1 heterocycles. The van der Waals surface area contributed by atoms with E-state index in [1.165, 1.54) is 94.1 Å². The van der Waals surface area contributed by atoms with E-state index in [4.69, 9.17) is 0 Å². The van der Waals surface area contributed by atoms with Crippen LogP contribution in [-0.2, 0) is 10.9 Å². The minimum atomic E-state index is -10.7. The molecule has 2 unspecified atom stereocenters. The van der Waals surface area contributed by atoms with Crippen molar-refractivity contribution in [2.24, 2.45) is 0 Å². The van der Waals surface area contributed by atoms with Crippen molar-refractivity contribution in [1.82, 2.24) is 0 Å². The number of benzene rings is 1. The summed E-state index contributed by atoms with van der Waals surface area (Å²) in [6.45, 7) is 4.50. The molecule has 8 heteroatoms. The Balaban J connectivity index is 0.000000592. The van der Waals surface area contributed by atoms with Crippen LogP contribution in [0.5, 0.6) is 0 Å². The molecule has 1 fully saturated rings. The monoisotopic (exact) mass is 492 g/mol. The molecule has 0 bridgehead atoms. The van der Waals surface area contributed by atoms with Crippen molar-refractivity contribution in [3.05, 3.63) is 35.4 Å². The summed E-state index contributed by atoms with van der Waals surface area (Å²) < 4.78 is 59.2. The van der Waals surface area contributed by atoms with Gasteiger partial charge in [-0.3, -0.25) is 0 Å². The SMILES string of the molecule is CCCCCCCCCCCC[S+]1CCCC1c1ccc(C)cc1.F[P-](F)(F)(F)(F)F. The Morgan fingerprint density at radius 2 is 1.23 bits per heavy atom. The van der Waals surface area contributed by atoms with Crippen molar-refractivity contribution in [3.63, 3.8) is 0 Å². The van der Waals surface area contributed by atoms with Crippen LogP contribution in [0.15, 0.2) is 24.3 Å². The zero-order valence-electron chi connectivity index (χ0n) is 18.9. The molecule has 0 spiro atoms. The van der Waals surface area contributed by atoms with Gasteiger partial charge in [0.25, 0.3) is 0 Å². The van der Waals surface area contributed by atoms with E-state index >= 15 is 0 Å². The Morgan fingerprint density at radius 3 is 1.71 bits per heavy atom. The fourth-order valence-corrected chi connectivity index (χ4v) is 6.85. The van der Waals surface area contributed by atoms with E-state index in [2.05, 4.69) is 38.1 Å². The van der Waals surface area contributed by atoms with Gasteiger partial charge in [0.1, 0.15) is 16.8 Å². The van der Waals surface area contributed by atoms with Crippen molar-refractivity contribution in [3.8, 4) is 0 Å². The van der Waals surface area contributed by atoms with Crippen molar-refractivity contribution in [2.75, 3.05) is 11.5 Å². The van der Waals surface area contributed by atoms with Gasteiger partial charge in [-0.15, -0.1) is 0 Å². The molecule has 0 nitrogen and oxygen atoms in total. The fourth-order valence-electron chi connectivity index (χ4n) is 3.92. The first kappa shape index (κ1) is 28.6. The van der Waals surface area contributed by atoms with E-state index < -0.39 is 7.81 Å². The topological polar surface area (TPSA) is 0 Å². The van der Waals surface area contributed by atoms with Crippen LogP contribution >= 0.6 is 7.81 Å². The summed E-state index contributed by atoms with van der Waals surface area (Å²) in [6, 6.07) is 9.39. The van der Waals surface area contributed by atoms with Gasteiger partial charge in [-0.05, 0) is 37.1 Å². The van der Waals surface area contributed by atoms with Crippen molar-refractivity contribution >= 4 is 18.7 Å². The second kappa shape index (κ2) is 12.2. The van der Waals surface area contributed by atoms with Gasteiger partial charge < -0.3 is 0 Å². The third-order valence-electron chi connectivity index (χ3n) is 5.48. The van der Waals surface area contributed by atoms with Crippen LogP contribution in [0.25, 0.3) is 0 Å². The Bertz CT molecular complexity index is 603. The van der Waals surface area contributed by atoms with Crippen LogP contribution in [-0.4, -0.2) is 11.5 Å². The van der Waals surface area contributed by atoms with Gasteiger partial charge in [-0.2, -0.15) is 0 Å². The Morgan fingerprint density at radius 1 is 0.774 bits per heavy atom. The Hall–Kier alpha value is -0.420. The molecule has 1 aliphatic rings. The molecule has 31 heavy (non-hydrogen) atoms. The summed E-state index contributed by atoms with van der Waals surface area (Å²) in [5.74, 6) is 2.99. The standard InChI is InChI=1S/C23H39S.F6P/c1-3-4-5-6-7-8-9-10-11-12-19-24-20-13-14-23(24)22-17-15-21(2)16-18-22;1-7(2,3,4,5)6/h15-18,23H,3-14,19-20H2,1-2H3;/q+1;-1. The maximum absolute atomic E-state index is 10.7. The van der Waals surface area contributed by atoms with E-state index in [0.29, 0.717) is 10.9 Å². The summed E-state index contributed by atoms with van der Waals surface area (Å²) in [4.78, 5) is 0. The van der Waals surface area contributed by atoms with Crippen LogP contribution in [0.1, 0.15) is 100 Å². The van der Waals surface area contributed by atoms with Crippen LogP contribution in [0, 0.1) is 6.92 Å². The van der Waals surface area contributed by atoms with Gasteiger partial charge in [0.05, 0.1) is 0 Å². The number of hydrogen-bond acceptors (Lipinski definition) is 0. The second-order valence-corrected chi connectivity index (χ2v) is 13.0. The molecule has 184 valence electrons. The molecule has 1 aromatic rings. The average molecular weight is 493 g/mol. The van der Waals surface area contributed by atoms with Gasteiger partial charge in [0.2, 0.25) is 0 Å². The third kappa shape index (κ3) is 17.8. The molecule has 0 amide bonds. The number of aryl methyl sites for hydroxylation is 1. The number of halogens is 6. The molecule has 0 aliphatic carbocycles. The second-order valence-electron chi connectivity index (χ2n) is 8.63. The van der Waals surface area contributed by atoms with Gasteiger partial charge in [-0.1, -0.05) is 88.1 Å². The van der Waals surface area contributed by atoms with Crippen LogP contribution in [0.2, 0.25) is 0 Å². The summed E-state index contributed by atoms with van der Waals surface area (Å²) >= 11 is 0. The van der Waals surface area contributed by atoms with E-state index in [0.717, 1.165) is 5.25 Å². The van der Waals surface area contributed by atoms with E-state index in [-0.39, 0.29) is 0 Å². The first-order valence-corrected chi connectivity index (χ1v) is 15.2. The van der Waals surface area contributed by atoms with Gasteiger partial charge in [0.15, 0.2) is 0 Å². The Labute approximate surface area is 187 Å². The third-order valence-corrected chi connectivity index (χ3v) is 8.42. The molecule has 0 radical (unpaired) electrons. The quantitative estimate of drug-likeness (QED) is 0.118. The molecular weight excluding hydrogens is 453 g/mol. The van der Waals surface area contributed by atoms with E-state index in [1.807, 2.05) is 0 Å².